The predicted molar refractivity (Wildman–Crippen MR) is 123 cm³/mol. The van der Waals surface area contributed by atoms with Gasteiger partial charge in [0.2, 0.25) is 0 Å². The van der Waals surface area contributed by atoms with Crippen LogP contribution >= 0.6 is 0 Å². The van der Waals surface area contributed by atoms with Crippen LogP contribution in [0.3, 0.4) is 0 Å². The summed E-state index contributed by atoms with van der Waals surface area (Å²) < 4.78 is 6.23. The van der Waals surface area contributed by atoms with Crippen LogP contribution in [-0.4, -0.2) is 23.7 Å². The first-order valence-electron chi connectivity index (χ1n) is 11.5. The van der Waals surface area contributed by atoms with Crippen LogP contribution in [0.2, 0.25) is 0 Å². The predicted octanol–water partition coefficient (Wildman–Crippen LogP) is 5.69. The Balaban J connectivity index is 1.45. The van der Waals surface area contributed by atoms with Gasteiger partial charge in [-0.05, 0) is 72.6 Å². The highest BCUT2D eigenvalue weighted by atomic mass is 16.5. The van der Waals surface area contributed by atoms with E-state index in [-0.39, 0.29) is 6.04 Å². The molecule has 1 saturated carbocycles. The molecular weight excluding hydrogens is 386 g/mol. The molecular formula is C27H31NO3. The summed E-state index contributed by atoms with van der Waals surface area (Å²) in [5.41, 5.74) is 6.54. The fourth-order valence-corrected chi connectivity index (χ4v) is 5.86. The zero-order valence-electron chi connectivity index (χ0n) is 18.4. The lowest BCUT2D eigenvalue weighted by atomic mass is 9.81. The minimum atomic E-state index is -0.870. The highest BCUT2D eigenvalue weighted by molar-refractivity contribution is 5.87. The van der Waals surface area contributed by atoms with E-state index in [1.54, 1.807) is 12.1 Å². The molecule has 0 spiro atoms. The standard InChI is InChI=1S/C27H31NO3/c1-16-7-8-17(2)26-22(16)13-21(15-31-26)24-14-23(18-5-3-4-6-18)25(28-24)19-9-11-20(12-10-19)27(29)30/h7-13,18,23-25,28H,3-6,14-15H2,1-2H3,(H,29,30). The van der Waals surface area contributed by atoms with Gasteiger partial charge in [0.05, 0.1) is 5.56 Å². The van der Waals surface area contributed by atoms with E-state index >= 15 is 0 Å². The van der Waals surface area contributed by atoms with Crippen molar-refractivity contribution in [2.75, 3.05) is 6.61 Å². The van der Waals surface area contributed by atoms with Crippen molar-refractivity contribution in [3.05, 3.63) is 69.8 Å². The summed E-state index contributed by atoms with van der Waals surface area (Å²) in [5.74, 6) is 1.46. The van der Waals surface area contributed by atoms with E-state index < -0.39 is 5.97 Å². The summed E-state index contributed by atoms with van der Waals surface area (Å²) in [6.07, 6.45) is 8.73. The van der Waals surface area contributed by atoms with E-state index in [4.69, 9.17) is 4.74 Å². The van der Waals surface area contributed by atoms with E-state index in [0.717, 1.165) is 18.1 Å². The second kappa shape index (κ2) is 8.16. The maximum Gasteiger partial charge on any atom is 0.335 e. The second-order valence-corrected chi connectivity index (χ2v) is 9.52. The maximum absolute atomic E-state index is 11.3. The summed E-state index contributed by atoms with van der Waals surface area (Å²) in [7, 11) is 0. The van der Waals surface area contributed by atoms with Crippen molar-refractivity contribution in [2.45, 2.75) is 58.0 Å². The van der Waals surface area contributed by atoms with Crippen molar-refractivity contribution in [3.8, 4) is 5.75 Å². The molecule has 3 atom stereocenters. The third-order valence-electron chi connectivity index (χ3n) is 7.61. The van der Waals surface area contributed by atoms with Crippen LogP contribution in [0.4, 0.5) is 0 Å². The molecule has 1 aliphatic carbocycles. The minimum Gasteiger partial charge on any atom is -0.488 e. The fraction of sp³-hybridized carbons (Fsp3) is 0.444. The van der Waals surface area contributed by atoms with Gasteiger partial charge in [0, 0.05) is 17.6 Å². The lowest BCUT2D eigenvalue weighted by molar-refractivity contribution is 0.0697. The van der Waals surface area contributed by atoms with E-state index in [9.17, 15) is 9.90 Å². The van der Waals surface area contributed by atoms with Crippen LogP contribution in [0.15, 0.2) is 42.0 Å². The lowest BCUT2D eigenvalue weighted by Gasteiger charge is -2.25. The molecule has 3 unspecified atom stereocenters. The Morgan fingerprint density at radius 2 is 1.74 bits per heavy atom. The Labute approximate surface area is 184 Å². The molecule has 5 rings (SSSR count). The van der Waals surface area contributed by atoms with Gasteiger partial charge in [0.25, 0.3) is 0 Å². The molecule has 2 aromatic carbocycles. The van der Waals surface area contributed by atoms with Crippen LogP contribution in [0.5, 0.6) is 5.75 Å². The maximum atomic E-state index is 11.3. The number of nitrogens with one attached hydrogen (secondary N) is 1. The van der Waals surface area contributed by atoms with E-state index in [0.29, 0.717) is 24.1 Å². The molecule has 2 N–H and O–H groups in total. The highest BCUT2D eigenvalue weighted by Gasteiger charge is 2.41. The van der Waals surface area contributed by atoms with Crippen molar-refractivity contribution >= 4 is 12.0 Å². The van der Waals surface area contributed by atoms with Crippen LogP contribution < -0.4 is 10.1 Å². The Morgan fingerprint density at radius 3 is 2.45 bits per heavy atom. The van der Waals surface area contributed by atoms with E-state index in [1.807, 2.05) is 12.1 Å². The van der Waals surface area contributed by atoms with Gasteiger partial charge in [0.1, 0.15) is 12.4 Å². The number of aromatic carboxylic acids is 1. The monoisotopic (exact) mass is 417 g/mol. The SMILES string of the molecule is Cc1ccc(C)c2c1C=C(C1CC(C3CCCC3)C(c3ccc(C(=O)O)cc3)N1)CO2. The number of carboxylic acids is 1. The zero-order chi connectivity index (χ0) is 21.5. The minimum absolute atomic E-state index is 0.261. The average Bonchev–Trinajstić information content (AvgIpc) is 3.46. The largest absolute Gasteiger partial charge is 0.488 e. The molecule has 0 bridgehead atoms. The van der Waals surface area contributed by atoms with Crippen molar-refractivity contribution in [2.24, 2.45) is 11.8 Å². The van der Waals surface area contributed by atoms with Crippen LogP contribution in [0, 0.1) is 25.7 Å². The van der Waals surface area contributed by atoms with Crippen LogP contribution in [-0.2, 0) is 0 Å². The van der Waals surface area contributed by atoms with Gasteiger partial charge in [-0.3, -0.25) is 0 Å². The highest BCUT2D eigenvalue weighted by Crippen LogP contribution is 2.46. The Hall–Kier alpha value is -2.59. The summed E-state index contributed by atoms with van der Waals surface area (Å²) in [4.78, 5) is 11.3. The van der Waals surface area contributed by atoms with Crippen LogP contribution in [0.1, 0.15) is 70.8 Å². The number of benzene rings is 2. The number of hydrogen-bond donors (Lipinski definition) is 2. The van der Waals surface area contributed by atoms with Crippen molar-refractivity contribution in [3.63, 3.8) is 0 Å². The lowest BCUT2D eigenvalue weighted by Crippen LogP contribution is -2.30. The molecule has 162 valence electrons. The summed E-state index contributed by atoms with van der Waals surface area (Å²) in [5, 5.41) is 13.2. The summed E-state index contributed by atoms with van der Waals surface area (Å²) in [6, 6.07) is 12.3. The first kappa shape index (κ1) is 20.3. The van der Waals surface area contributed by atoms with Crippen LogP contribution in [0.25, 0.3) is 6.08 Å². The molecule has 1 saturated heterocycles. The quantitative estimate of drug-likeness (QED) is 0.671. The van der Waals surface area contributed by atoms with Gasteiger partial charge >= 0.3 is 5.97 Å². The second-order valence-electron chi connectivity index (χ2n) is 9.52. The number of ether oxygens (including phenoxy) is 1. The Morgan fingerprint density at radius 1 is 1.03 bits per heavy atom. The average molecular weight is 418 g/mol. The molecule has 2 fully saturated rings. The number of aryl methyl sites for hydroxylation is 2. The van der Waals surface area contributed by atoms with Crippen molar-refractivity contribution in [1.82, 2.24) is 5.32 Å². The first-order chi connectivity index (χ1) is 15.0. The van der Waals surface area contributed by atoms with Gasteiger partial charge in [-0.1, -0.05) is 49.9 Å². The molecule has 0 radical (unpaired) electrons. The summed E-state index contributed by atoms with van der Waals surface area (Å²) in [6.45, 7) is 4.90. The van der Waals surface area contributed by atoms with Gasteiger partial charge in [0.15, 0.2) is 0 Å². The van der Waals surface area contributed by atoms with E-state index in [1.165, 1.54) is 53.5 Å². The number of fused-ring (bicyclic) bond motifs is 1. The molecule has 3 aliphatic rings. The Bertz CT molecular complexity index is 1020. The number of carboxylic acid groups (broad SMARTS) is 1. The molecule has 31 heavy (non-hydrogen) atoms. The number of hydrogen-bond acceptors (Lipinski definition) is 3. The third kappa shape index (κ3) is 3.78. The van der Waals surface area contributed by atoms with Gasteiger partial charge in [-0.25, -0.2) is 4.79 Å². The number of carbonyl (C=O) groups is 1. The molecule has 0 aromatic heterocycles. The fourth-order valence-electron chi connectivity index (χ4n) is 5.86. The smallest absolute Gasteiger partial charge is 0.335 e. The molecule has 2 heterocycles. The van der Waals surface area contributed by atoms with Gasteiger partial charge < -0.3 is 15.2 Å². The molecule has 0 amide bonds. The molecule has 4 nitrogen and oxygen atoms in total. The van der Waals surface area contributed by atoms with Gasteiger partial charge in [-0.15, -0.1) is 0 Å². The van der Waals surface area contributed by atoms with Crippen molar-refractivity contribution < 1.29 is 14.6 Å². The zero-order valence-corrected chi connectivity index (χ0v) is 18.4. The number of rotatable bonds is 4. The molecule has 2 aliphatic heterocycles. The first-order valence-corrected chi connectivity index (χ1v) is 11.5. The molecule has 2 aromatic rings. The normalized spacial score (nSPS) is 25.7. The molecule has 4 heteroatoms. The summed E-state index contributed by atoms with van der Waals surface area (Å²) >= 11 is 0. The third-order valence-corrected chi connectivity index (χ3v) is 7.61. The van der Waals surface area contributed by atoms with Gasteiger partial charge in [-0.2, -0.15) is 0 Å². The van der Waals surface area contributed by atoms with Crippen molar-refractivity contribution in [1.29, 1.82) is 0 Å². The Kier molecular flexibility index (Phi) is 5.35. The topological polar surface area (TPSA) is 58.6 Å². The van der Waals surface area contributed by atoms with E-state index in [2.05, 4.69) is 37.4 Å².